The van der Waals surface area contributed by atoms with E-state index >= 15 is 0 Å². The quantitative estimate of drug-likeness (QED) is 0.831. The molecule has 17 heavy (non-hydrogen) atoms. The summed E-state index contributed by atoms with van der Waals surface area (Å²) in [5.41, 5.74) is 1.16. The van der Waals surface area contributed by atoms with Crippen LogP contribution in [0, 0.1) is 0 Å². The summed E-state index contributed by atoms with van der Waals surface area (Å²) in [6.45, 7) is 4.08. The van der Waals surface area contributed by atoms with Gasteiger partial charge in [-0.1, -0.05) is 32.0 Å². The smallest absolute Gasteiger partial charge is 0.335 e. The van der Waals surface area contributed by atoms with Crippen molar-refractivity contribution in [2.24, 2.45) is 0 Å². The van der Waals surface area contributed by atoms with Gasteiger partial charge in [0.1, 0.15) is 5.75 Å². The van der Waals surface area contributed by atoms with E-state index in [0.717, 1.165) is 10.9 Å². The van der Waals surface area contributed by atoms with E-state index in [1.165, 1.54) is 6.07 Å². The summed E-state index contributed by atoms with van der Waals surface area (Å²) in [6.07, 6.45) is 0. The van der Waals surface area contributed by atoms with Crippen LogP contribution >= 0.6 is 0 Å². The molecule has 0 atom stereocenters. The molecule has 0 radical (unpaired) electrons. The summed E-state index contributed by atoms with van der Waals surface area (Å²) in [5.74, 6) is -0.731. The van der Waals surface area contributed by atoms with E-state index in [2.05, 4.69) is 0 Å². The van der Waals surface area contributed by atoms with Crippen LogP contribution < -0.4 is 0 Å². The first-order valence-electron chi connectivity index (χ1n) is 5.49. The zero-order chi connectivity index (χ0) is 12.6. The van der Waals surface area contributed by atoms with Crippen LogP contribution in [0.2, 0.25) is 0 Å². The molecule has 0 heterocycles. The van der Waals surface area contributed by atoms with E-state index in [0.29, 0.717) is 5.39 Å². The highest BCUT2D eigenvalue weighted by Gasteiger charge is 2.12. The topological polar surface area (TPSA) is 57.5 Å². The number of aromatic carboxylic acids is 1. The molecule has 3 heteroatoms. The van der Waals surface area contributed by atoms with Crippen molar-refractivity contribution < 1.29 is 15.0 Å². The van der Waals surface area contributed by atoms with Crippen molar-refractivity contribution in [2.45, 2.75) is 19.8 Å². The molecule has 0 aliphatic heterocycles. The van der Waals surface area contributed by atoms with Crippen molar-refractivity contribution in [1.29, 1.82) is 0 Å². The number of phenolic OH excluding ortho intramolecular Hbond substituents is 1. The van der Waals surface area contributed by atoms with Gasteiger partial charge in [0.15, 0.2) is 0 Å². The minimum Gasteiger partial charge on any atom is -0.507 e. The van der Waals surface area contributed by atoms with Gasteiger partial charge in [-0.25, -0.2) is 4.79 Å². The molecule has 0 saturated carbocycles. The third-order valence-electron chi connectivity index (χ3n) is 2.88. The molecule has 2 rings (SSSR count). The third kappa shape index (κ3) is 1.96. The Hall–Kier alpha value is -2.03. The highest BCUT2D eigenvalue weighted by Crippen LogP contribution is 2.32. The van der Waals surface area contributed by atoms with Crippen molar-refractivity contribution in [2.75, 3.05) is 0 Å². The van der Waals surface area contributed by atoms with Crippen molar-refractivity contribution in [3.8, 4) is 5.75 Å². The number of fused-ring (bicyclic) bond motifs is 1. The Bertz CT molecular complexity index is 585. The molecule has 0 saturated heterocycles. The van der Waals surface area contributed by atoms with Crippen LogP contribution in [0.25, 0.3) is 10.8 Å². The molecule has 2 N–H and O–H groups in total. The van der Waals surface area contributed by atoms with Crippen molar-refractivity contribution >= 4 is 16.7 Å². The van der Waals surface area contributed by atoms with Gasteiger partial charge in [-0.2, -0.15) is 0 Å². The maximum Gasteiger partial charge on any atom is 0.335 e. The Balaban J connectivity index is 2.83. The first-order chi connectivity index (χ1) is 8.00. The Morgan fingerprint density at radius 2 is 1.88 bits per heavy atom. The van der Waals surface area contributed by atoms with Gasteiger partial charge in [0, 0.05) is 5.39 Å². The van der Waals surface area contributed by atoms with E-state index in [4.69, 9.17) is 5.11 Å². The van der Waals surface area contributed by atoms with Gasteiger partial charge < -0.3 is 10.2 Å². The summed E-state index contributed by atoms with van der Waals surface area (Å²) in [5, 5.41) is 20.3. The molecule has 3 nitrogen and oxygen atoms in total. The van der Waals surface area contributed by atoms with Gasteiger partial charge in [-0.15, -0.1) is 0 Å². The molecule has 2 aromatic rings. The molecule has 0 unspecified atom stereocenters. The highest BCUT2D eigenvalue weighted by atomic mass is 16.4. The minimum absolute atomic E-state index is 0.0161. The number of carbonyl (C=O) groups is 1. The van der Waals surface area contributed by atoms with Gasteiger partial charge in [-0.3, -0.25) is 0 Å². The van der Waals surface area contributed by atoms with Crippen molar-refractivity contribution in [1.82, 2.24) is 0 Å². The largest absolute Gasteiger partial charge is 0.507 e. The molecule has 0 spiro atoms. The van der Waals surface area contributed by atoms with Gasteiger partial charge >= 0.3 is 5.97 Å². The third-order valence-corrected chi connectivity index (χ3v) is 2.88. The molecular formula is C14H14O3. The lowest BCUT2D eigenvalue weighted by Gasteiger charge is -2.11. The standard InChI is InChI=1S/C14H14O3/c1-8(2)10-4-3-5-11-12(10)6-9(14(16)17)7-13(11)15/h3-8,15H,1-2H3,(H,16,17). The summed E-state index contributed by atoms with van der Waals surface area (Å²) < 4.78 is 0. The summed E-state index contributed by atoms with van der Waals surface area (Å²) >= 11 is 0. The summed E-state index contributed by atoms with van der Waals surface area (Å²) in [4.78, 5) is 11.0. The zero-order valence-electron chi connectivity index (χ0n) is 9.77. The Kier molecular flexibility index (Phi) is 2.76. The van der Waals surface area contributed by atoms with Crippen molar-refractivity contribution in [3.05, 3.63) is 41.5 Å². The number of aromatic hydroxyl groups is 1. The molecule has 0 aromatic heterocycles. The lowest BCUT2D eigenvalue weighted by atomic mass is 9.94. The first-order valence-corrected chi connectivity index (χ1v) is 5.49. The van der Waals surface area contributed by atoms with Crippen LogP contribution in [0.15, 0.2) is 30.3 Å². The van der Waals surface area contributed by atoms with Crippen molar-refractivity contribution in [3.63, 3.8) is 0 Å². The lowest BCUT2D eigenvalue weighted by Crippen LogP contribution is -1.97. The average Bonchev–Trinajstić information content (AvgIpc) is 2.27. The van der Waals surface area contributed by atoms with Gasteiger partial charge in [-0.05, 0) is 29.0 Å². The maximum atomic E-state index is 11.0. The predicted molar refractivity (Wildman–Crippen MR) is 66.7 cm³/mol. The van der Waals surface area contributed by atoms with Crippen LogP contribution in [-0.4, -0.2) is 16.2 Å². The summed E-state index contributed by atoms with van der Waals surface area (Å²) in [7, 11) is 0. The summed E-state index contributed by atoms with van der Waals surface area (Å²) in [6, 6.07) is 8.53. The average molecular weight is 230 g/mol. The van der Waals surface area contributed by atoms with E-state index in [1.54, 1.807) is 12.1 Å². The second-order valence-electron chi connectivity index (χ2n) is 4.40. The van der Waals surface area contributed by atoms with E-state index < -0.39 is 5.97 Å². The second kappa shape index (κ2) is 4.09. The molecule has 88 valence electrons. The highest BCUT2D eigenvalue weighted by molar-refractivity contribution is 5.98. The fourth-order valence-electron chi connectivity index (χ4n) is 2.02. The SMILES string of the molecule is CC(C)c1cccc2c(O)cc(C(=O)O)cc12. The van der Waals surface area contributed by atoms with Crippen LogP contribution in [0.5, 0.6) is 5.75 Å². The lowest BCUT2D eigenvalue weighted by molar-refractivity contribution is 0.0696. The minimum atomic E-state index is -1.03. The maximum absolute atomic E-state index is 11.0. The van der Waals surface area contributed by atoms with Gasteiger partial charge in [0.2, 0.25) is 0 Å². The van der Waals surface area contributed by atoms with Crippen LogP contribution in [0.1, 0.15) is 35.7 Å². The number of carboxylic acids is 1. The molecule has 0 bridgehead atoms. The molecular weight excluding hydrogens is 216 g/mol. The fraction of sp³-hybridized carbons (Fsp3) is 0.214. The van der Waals surface area contributed by atoms with E-state index in [9.17, 15) is 9.90 Å². The predicted octanol–water partition coefficient (Wildman–Crippen LogP) is 3.37. The Morgan fingerprint density at radius 1 is 1.18 bits per heavy atom. The number of hydrogen-bond donors (Lipinski definition) is 2. The van der Waals surface area contributed by atoms with Gasteiger partial charge in [0.05, 0.1) is 5.56 Å². The Morgan fingerprint density at radius 3 is 2.47 bits per heavy atom. The number of hydrogen-bond acceptors (Lipinski definition) is 2. The van der Waals surface area contributed by atoms with Gasteiger partial charge in [0.25, 0.3) is 0 Å². The number of carboxylic acid groups (broad SMARTS) is 1. The fourth-order valence-corrected chi connectivity index (χ4v) is 2.02. The molecule has 0 fully saturated rings. The van der Waals surface area contributed by atoms with E-state index in [-0.39, 0.29) is 17.2 Å². The second-order valence-corrected chi connectivity index (χ2v) is 4.40. The monoisotopic (exact) mass is 230 g/mol. The normalized spacial score (nSPS) is 11.0. The van der Waals surface area contributed by atoms with Crippen LogP contribution in [0.4, 0.5) is 0 Å². The first kappa shape index (κ1) is 11.5. The molecule has 0 amide bonds. The number of benzene rings is 2. The number of rotatable bonds is 2. The zero-order valence-corrected chi connectivity index (χ0v) is 9.77. The molecule has 2 aromatic carbocycles. The molecule has 0 aliphatic carbocycles. The Labute approximate surface area is 99.3 Å². The van der Waals surface area contributed by atoms with E-state index in [1.807, 2.05) is 26.0 Å². The van der Waals surface area contributed by atoms with Crippen LogP contribution in [-0.2, 0) is 0 Å². The number of phenols is 1. The van der Waals surface area contributed by atoms with Crippen LogP contribution in [0.3, 0.4) is 0 Å². The molecule has 0 aliphatic rings.